The van der Waals surface area contributed by atoms with Crippen molar-refractivity contribution in [1.82, 2.24) is 10.6 Å². The number of ether oxygens (including phenoxy) is 2. The van der Waals surface area contributed by atoms with Crippen LogP contribution in [0.1, 0.15) is 24.2 Å². The molecule has 0 bridgehead atoms. The standard InChI is InChI=1S/C14H18N2O4/c1-14(2)19-9-11(20-14)8-15-13(18)16-12(17)10-6-4-3-5-7-10/h3-7,11H,8-9H2,1-2H3,(H2,15,16,17,18). The monoisotopic (exact) mass is 278 g/mol. The van der Waals surface area contributed by atoms with Crippen LogP contribution in [-0.2, 0) is 9.47 Å². The second kappa shape index (κ2) is 6.02. The van der Waals surface area contributed by atoms with Gasteiger partial charge in [-0.3, -0.25) is 10.1 Å². The van der Waals surface area contributed by atoms with E-state index in [9.17, 15) is 9.59 Å². The fraction of sp³-hybridized carbons (Fsp3) is 0.429. The third kappa shape index (κ3) is 4.04. The zero-order chi connectivity index (χ0) is 14.6. The molecule has 0 spiro atoms. The Balaban J connectivity index is 1.75. The average molecular weight is 278 g/mol. The highest BCUT2D eigenvalue weighted by Crippen LogP contribution is 2.21. The molecule has 1 fully saturated rings. The van der Waals surface area contributed by atoms with Gasteiger partial charge < -0.3 is 14.8 Å². The number of benzene rings is 1. The van der Waals surface area contributed by atoms with Gasteiger partial charge in [-0.05, 0) is 26.0 Å². The number of hydrogen-bond donors (Lipinski definition) is 2. The van der Waals surface area contributed by atoms with Crippen molar-refractivity contribution in [3.05, 3.63) is 35.9 Å². The maximum Gasteiger partial charge on any atom is 0.321 e. The van der Waals surface area contributed by atoms with Crippen molar-refractivity contribution in [3.8, 4) is 0 Å². The van der Waals surface area contributed by atoms with Gasteiger partial charge in [-0.2, -0.15) is 0 Å². The summed E-state index contributed by atoms with van der Waals surface area (Å²) in [5.74, 6) is -1.06. The summed E-state index contributed by atoms with van der Waals surface area (Å²) < 4.78 is 10.9. The van der Waals surface area contributed by atoms with Crippen molar-refractivity contribution in [2.75, 3.05) is 13.2 Å². The molecule has 2 N–H and O–H groups in total. The van der Waals surface area contributed by atoms with E-state index in [-0.39, 0.29) is 12.6 Å². The van der Waals surface area contributed by atoms with Crippen molar-refractivity contribution in [3.63, 3.8) is 0 Å². The maximum atomic E-state index is 11.7. The van der Waals surface area contributed by atoms with Crippen LogP contribution in [0.25, 0.3) is 0 Å². The topological polar surface area (TPSA) is 76.7 Å². The molecule has 6 nitrogen and oxygen atoms in total. The van der Waals surface area contributed by atoms with Crippen LogP contribution in [0.4, 0.5) is 4.79 Å². The fourth-order valence-corrected chi connectivity index (χ4v) is 1.88. The molecule has 0 saturated carbocycles. The molecule has 1 aromatic rings. The minimum atomic E-state index is -0.622. The second-order valence-corrected chi connectivity index (χ2v) is 4.98. The normalized spacial score (nSPS) is 20.4. The van der Waals surface area contributed by atoms with Gasteiger partial charge in [-0.25, -0.2) is 4.79 Å². The Kier molecular flexibility index (Phi) is 4.36. The van der Waals surface area contributed by atoms with Gasteiger partial charge in [0.2, 0.25) is 0 Å². The van der Waals surface area contributed by atoms with Gasteiger partial charge in [-0.1, -0.05) is 18.2 Å². The Labute approximate surface area is 117 Å². The third-order valence-corrected chi connectivity index (χ3v) is 2.82. The SMILES string of the molecule is CC1(C)OCC(CNC(=O)NC(=O)c2ccccc2)O1. The van der Waals surface area contributed by atoms with E-state index in [0.717, 1.165) is 0 Å². The number of carbonyl (C=O) groups is 2. The van der Waals surface area contributed by atoms with E-state index in [0.29, 0.717) is 12.2 Å². The molecule has 3 amide bonds. The summed E-state index contributed by atoms with van der Waals surface area (Å²) >= 11 is 0. The lowest BCUT2D eigenvalue weighted by atomic mass is 10.2. The minimum absolute atomic E-state index is 0.206. The molecule has 1 heterocycles. The minimum Gasteiger partial charge on any atom is -0.348 e. The number of carbonyl (C=O) groups excluding carboxylic acids is 2. The van der Waals surface area contributed by atoms with E-state index in [1.54, 1.807) is 30.3 Å². The molecule has 0 radical (unpaired) electrons. The highest BCUT2D eigenvalue weighted by molar-refractivity contribution is 6.04. The second-order valence-electron chi connectivity index (χ2n) is 4.98. The number of imide groups is 1. The van der Waals surface area contributed by atoms with Crippen LogP contribution in [0.15, 0.2) is 30.3 Å². The molecular weight excluding hydrogens is 260 g/mol. The molecule has 1 atom stereocenters. The average Bonchev–Trinajstić information content (AvgIpc) is 2.77. The van der Waals surface area contributed by atoms with E-state index in [1.165, 1.54) is 0 Å². The highest BCUT2D eigenvalue weighted by atomic mass is 16.7. The van der Waals surface area contributed by atoms with Gasteiger partial charge in [0, 0.05) is 12.1 Å². The molecule has 1 aliphatic rings. The van der Waals surface area contributed by atoms with Crippen LogP contribution in [0.5, 0.6) is 0 Å². The van der Waals surface area contributed by atoms with Crippen LogP contribution in [0, 0.1) is 0 Å². The summed E-state index contributed by atoms with van der Waals surface area (Å²) in [5.41, 5.74) is 0.434. The molecule has 1 unspecified atom stereocenters. The highest BCUT2D eigenvalue weighted by Gasteiger charge is 2.32. The molecule has 0 aliphatic carbocycles. The molecule has 2 rings (SSSR count). The van der Waals surface area contributed by atoms with E-state index in [4.69, 9.17) is 9.47 Å². The lowest BCUT2D eigenvalue weighted by Crippen LogP contribution is -2.43. The van der Waals surface area contributed by atoms with Crippen LogP contribution in [0.2, 0.25) is 0 Å². The van der Waals surface area contributed by atoms with E-state index < -0.39 is 17.7 Å². The van der Waals surface area contributed by atoms with Gasteiger partial charge in [0.15, 0.2) is 5.79 Å². The summed E-state index contributed by atoms with van der Waals surface area (Å²) in [6, 6.07) is 8.00. The summed E-state index contributed by atoms with van der Waals surface area (Å²) in [5, 5.41) is 4.84. The molecule has 1 aliphatic heterocycles. The van der Waals surface area contributed by atoms with Crippen molar-refractivity contribution >= 4 is 11.9 Å². The Bertz CT molecular complexity index is 487. The van der Waals surface area contributed by atoms with Gasteiger partial charge >= 0.3 is 6.03 Å². The van der Waals surface area contributed by atoms with Gasteiger partial charge in [0.1, 0.15) is 6.10 Å². The maximum absolute atomic E-state index is 11.7. The molecule has 108 valence electrons. The van der Waals surface area contributed by atoms with E-state index >= 15 is 0 Å². The summed E-state index contributed by atoms with van der Waals surface area (Å²) in [4.78, 5) is 23.3. The van der Waals surface area contributed by atoms with Crippen molar-refractivity contribution in [2.45, 2.75) is 25.7 Å². The summed E-state index contributed by atoms with van der Waals surface area (Å²) in [6.07, 6.45) is -0.206. The van der Waals surface area contributed by atoms with Crippen LogP contribution >= 0.6 is 0 Å². The fourth-order valence-electron chi connectivity index (χ4n) is 1.88. The van der Waals surface area contributed by atoms with Gasteiger partial charge in [0.05, 0.1) is 6.61 Å². The quantitative estimate of drug-likeness (QED) is 0.873. The number of rotatable bonds is 3. The number of amides is 3. The lowest BCUT2D eigenvalue weighted by Gasteiger charge is -2.17. The lowest BCUT2D eigenvalue weighted by molar-refractivity contribution is -0.137. The largest absolute Gasteiger partial charge is 0.348 e. The van der Waals surface area contributed by atoms with Crippen molar-refractivity contribution in [1.29, 1.82) is 0 Å². The first-order chi connectivity index (χ1) is 9.46. The first-order valence-corrected chi connectivity index (χ1v) is 6.42. The van der Waals surface area contributed by atoms with Gasteiger partial charge in [0.25, 0.3) is 5.91 Å². The van der Waals surface area contributed by atoms with Crippen LogP contribution in [-0.4, -0.2) is 37.0 Å². The first-order valence-electron chi connectivity index (χ1n) is 6.42. The number of nitrogens with one attached hydrogen (secondary N) is 2. The van der Waals surface area contributed by atoms with Crippen LogP contribution < -0.4 is 10.6 Å². The predicted octanol–water partition coefficient (Wildman–Crippen LogP) is 1.28. The Morgan fingerprint density at radius 1 is 1.30 bits per heavy atom. The number of urea groups is 1. The molecular formula is C14H18N2O4. The van der Waals surface area contributed by atoms with E-state index in [2.05, 4.69) is 10.6 Å². The first kappa shape index (κ1) is 14.5. The Hall–Kier alpha value is -1.92. The zero-order valence-electron chi connectivity index (χ0n) is 11.5. The Morgan fingerprint density at radius 2 is 2.00 bits per heavy atom. The third-order valence-electron chi connectivity index (χ3n) is 2.82. The predicted molar refractivity (Wildman–Crippen MR) is 72.2 cm³/mol. The molecule has 1 aromatic carbocycles. The summed E-state index contributed by atoms with van der Waals surface area (Å²) in [7, 11) is 0. The Morgan fingerprint density at radius 3 is 2.60 bits per heavy atom. The molecule has 20 heavy (non-hydrogen) atoms. The summed E-state index contributed by atoms with van der Waals surface area (Å²) in [6.45, 7) is 4.33. The van der Waals surface area contributed by atoms with Crippen LogP contribution in [0.3, 0.4) is 0 Å². The number of hydrogen-bond acceptors (Lipinski definition) is 4. The smallest absolute Gasteiger partial charge is 0.321 e. The van der Waals surface area contributed by atoms with Crippen molar-refractivity contribution in [2.24, 2.45) is 0 Å². The van der Waals surface area contributed by atoms with Crippen molar-refractivity contribution < 1.29 is 19.1 Å². The zero-order valence-corrected chi connectivity index (χ0v) is 11.5. The molecule has 0 aromatic heterocycles. The van der Waals surface area contributed by atoms with Gasteiger partial charge in [-0.15, -0.1) is 0 Å². The molecule has 1 saturated heterocycles. The van der Waals surface area contributed by atoms with E-state index in [1.807, 2.05) is 13.8 Å². The molecule has 6 heteroatoms.